The van der Waals surface area contributed by atoms with Gasteiger partial charge in [-0.05, 0) is 52.9 Å². The number of H-pyrrole nitrogens is 1. The second-order valence-corrected chi connectivity index (χ2v) is 12.1. The Bertz CT molecular complexity index is 1430. The number of carbonyl (C=O) groups excluding carboxylic acids is 2. The summed E-state index contributed by atoms with van der Waals surface area (Å²) in [6.07, 6.45) is 0.814. The molecule has 1 aromatic carbocycles. The number of hydrogen-bond acceptors (Lipinski definition) is 9. The van der Waals surface area contributed by atoms with E-state index >= 15 is 0 Å². The molecule has 178 valence electrons. The smallest absolute Gasteiger partial charge is 0.305 e. The third kappa shape index (κ3) is 3.14. The maximum atomic E-state index is 13.6. The van der Waals surface area contributed by atoms with Crippen LogP contribution in [0.1, 0.15) is 22.8 Å². The Balaban J connectivity index is 1.27. The van der Waals surface area contributed by atoms with Crippen LogP contribution in [0, 0.1) is 29.6 Å². The molecule has 3 aromatic rings. The van der Waals surface area contributed by atoms with Gasteiger partial charge in [0.05, 0.1) is 16.9 Å². The maximum Gasteiger partial charge on any atom is 0.305 e. The number of aromatic nitrogens is 4. The largest absolute Gasteiger partial charge is 0.307 e. The first-order valence-corrected chi connectivity index (χ1v) is 13.5. The zero-order valence-electron chi connectivity index (χ0n) is 17.7. The van der Waals surface area contributed by atoms with Crippen LogP contribution in [-0.4, -0.2) is 42.0 Å². The van der Waals surface area contributed by atoms with E-state index in [1.54, 1.807) is 11.8 Å². The van der Waals surface area contributed by atoms with Gasteiger partial charge in [0, 0.05) is 16.0 Å². The van der Waals surface area contributed by atoms with E-state index in [0.717, 1.165) is 26.9 Å². The Kier molecular flexibility index (Phi) is 4.83. The number of fused-ring (bicyclic) bond motifs is 9. The van der Waals surface area contributed by atoms with Crippen LogP contribution in [0.5, 0.6) is 0 Å². The number of anilines is 1. The Morgan fingerprint density at radius 1 is 0.971 bits per heavy atom. The molecule has 4 heterocycles. The molecule has 2 saturated carbocycles. The number of amides is 2. The molecule has 4 aliphatic rings. The number of nitrogens with zero attached hydrogens (tertiary/aromatic N) is 4. The van der Waals surface area contributed by atoms with Gasteiger partial charge in [-0.3, -0.25) is 19.8 Å². The van der Waals surface area contributed by atoms with E-state index in [9.17, 15) is 14.4 Å². The standard InChI is InChI=1S/C22H16Cl2N6O3S2/c23-19-26-20(24)28-21(27-19)29-30-17(31)12-8-6-9(13(12)18(30)32)14-11(8)10(7-4-2-1-3-5-7)15-16(34-14)25-22(33)35-15/h1-5,8-14H,6H2,(H,25,33)(H,26,27,28,29)/t8-,9-,10?,11?,12?,13?,14?/m1/s1. The van der Waals surface area contributed by atoms with E-state index in [2.05, 4.69) is 37.5 Å². The van der Waals surface area contributed by atoms with Crippen LogP contribution >= 0.6 is 46.3 Å². The molecule has 2 aromatic heterocycles. The van der Waals surface area contributed by atoms with Crippen LogP contribution < -0.4 is 10.3 Å². The lowest BCUT2D eigenvalue weighted by Crippen LogP contribution is -2.42. The molecule has 2 aliphatic carbocycles. The van der Waals surface area contributed by atoms with Crippen molar-refractivity contribution >= 4 is 64.1 Å². The first kappa shape index (κ1) is 21.8. The van der Waals surface area contributed by atoms with Crippen LogP contribution in [0.4, 0.5) is 5.95 Å². The highest BCUT2D eigenvalue weighted by molar-refractivity contribution is 8.00. The summed E-state index contributed by atoms with van der Waals surface area (Å²) in [5, 5.41) is 1.76. The average Bonchev–Trinajstić information content (AvgIpc) is 3.55. The summed E-state index contributed by atoms with van der Waals surface area (Å²) in [5.41, 5.74) is 3.84. The first-order valence-electron chi connectivity index (χ1n) is 11.1. The fraction of sp³-hybridized carbons (Fsp3) is 0.364. The van der Waals surface area contributed by atoms with Crippen molar-refractivity contribution in [1.82, 2.24) is 24.9 Å². The van der Waals surface area contributed by atoms with Crippen LogP contribution in [0.2, 0.25) is 10.6 Å². The number of nitrogens with one attached hydrogen (secondary N) is 2. The summed E-state index contributed by atoms with van der Waals surface area (Å²) < 4.78 is 0. The van der Waals surface area contributed by atoms with Gasteiger partial charge in [-0.1, -0.05) is 41.7 Å². The minimum Gasteiger partial charge on any atom is -0.307 e. The molecular weight excluding hydrogens is 531 g/mol. The first-order chi connectivity index (χ1) is 16.9. The third-order valence-electron chi connectivity index (χ3n) is 7.68. The van der Waals surface area contributed by atoms with Crippen molar-refractivity contribution in [2.24, 2.45) is 29.6 Å². The molecule has 2 amide bonds. The quantitative estimate of drug-likeness (QED) is 0.479. The molecule has 2 bridgehead atoms. The topological polar surface area (TPSA) is 121 Å². The fourth-order valence-electron chi connectivity index (χ4n) is 6.64. The Hall–Kier alpha value is -2.47. The normalized spacial score (nSPS) is 32.5. The lowest BCUT2D eigenvalue weighted by molar-refractivity contribution is -0.139. The minimum atomic E-state index is -0.432. The van der Waals surface area contributed by atoms with Gasteiger partial charge in [0.25, 0.3) is 11.8 Å². The number of rotatable bonds is 3. The maximum absolute atomic E-state index is 13.6. The van der Waals surface area contributed by atoms with Crippen LogP contribution in [-0.2, 0) is 9.59 Å². The molecule has 3 fully saturated rings. The number of hydrazine groups is 1. The number of thiazole rings is 1. The highest BCUT2D eigenvalue weighted by Gasteiger charge is 2.69. The van der Waals surface area contributed by atoms with Gasteiger partial charge in [-0.25, -0.2) is 0 Å². The zero-order chi connectivity index (χ0) is 24.0. The van der Waals surface area contributed by atoms with Crippen molar-refractivity contribution < 1.29 is 9.59 Å². The molecule has 0 spiro atoms. The number of aromatic amines is 1. The van der Waals surface area contributed by atoms with Crippen molar-refractivity contribution in [3.8, 4) is 0 Å². The lowest BCUT2D eigenvalue weighted by Gasteiger charge is -2.43. The van der Waals surface area contributed by atoms with Crippen molar-refractivity contribution in [3.05, 3.63) is 61.0 Å². The van der Waals surface area contributed by atoms with Gasteiger partial charge in [0.1, 0.15) is 0 Å². The van der Waals surface area contributed by atoms with E-state index in [1.807, 2.05) is 18.2 Å². The Morgan fingerprint density at radius 3 is 2.37 bits per heavy atom. The summed E-state index contributed by atoms with van der Waals surface area (Å²) in [6.45, 7) is 0. The minimum absolute atomic E-state index is 0.00315. The number of halogens is 2. The molecule has 35 heavy (non-hydrogen) atoms. The van der Waals surface area contributed by atoms with E-state index in [0.29, 0.717) is 0 Å². The number of imide groups is 1. The van der Waals surface area contributed by atoms with Gasteiger partial charge in [-0.2, -0.15) is 20.0 Å². The molecule has 0 radical (unpaired) electrons. The Labute approximate surface area is 216 Å². The van der Waals surface area contributed by atoms with Crippen LogP contribution in [0.3, 0.4) is 0 Å². The van der Waals surface area contributed by atoms with Gasteiger partial charge >= 0.3 is 4.87 Å². The second-order valence-electron chi connectivity index (χ2n) is 9.19. The molecule has 2 aliphatic heterocycles. The molecule has 1 saturated heterocycles. The summed E-state index contributed by atoms with van der Waals surface area (Å²) >= 11 is 14.6. The molecule has 2 N–H and O–H groups in total. The van der Waals surface area contributed by atoms with E-state index in [4.69, 9.17) is 23.2 Å². The number of carbonyl (C=O) groups is 2. The molecule has 5 unspecified atom stereocenters. The summed E-state index contributed by atoms with van der Waals surface area (Å²) in [4.78, 5) is 54.9. The van der Waals surface area contributed by atoms with Crippen molar-refractivity contribution in [3.63, 3.8) is 0 Å². The number of thioether (sulfide) groups is 1. The van der Waals surface area contributed by atoms with Crippen molar-refractivity contribution in [2.75, 3.05) is 5.43 Å². The highest BCUT2D eigenvalue weighted by atomic mass is 35.5. The fourth-order valence-corrected chi connectivity index (χ4v) is 9.89. The SMILES string of the molecule is O=C1C2C(C(=O)N1Nc1nc(Cl)nc(Cl)n1)[C@@H]1C[C@H]2C2Sc3[nH]c(=O)sc3C(c3ccccc3)C21. The average molecular weight is 547 g/mol. The van der Waals surface area contributed by atoms with Crippen LogP contribution in [0.15, 0.2) is 40.2 Å². The molecule has 7 rings (SSSR count). The number of benzene rings is 1. The van der Waals surface area contributed by atoms with Crippen molar-refractivity contribution in [2.45, 2.75) is 22.6 Å². The van der Waals surface area contributed by atoms with E-state index < -0.39 is 11.8 Å². The molecule has 9 nitrogen and oxygen atoms in total. The van der Waals surface area contributed by atoms with Gasteiger partial charge in [-0.15, -0.1) is 11.8 Å². The van der Waals surface area contributed by atoms with E-state index in [-0.39, 0.29) is 62.1 Å². The molecule has 7 atom stereocenters. The summed E-state index contributed by atoms with van der Waals surface area (Å²) in [7, 11) is 0. The van der Waals surface area contributed by atoms with Gasteiger partial charge in [0.2, 0.25) is 16.5 Å². The van der Waals surface area contributed by atoms with E-state index in [1.165, 1.54) is 11.3 Å². The Morgan fingerprint density at radius 2 is 1.66 bits per heavy atom. The predicted octanol–water partition coefficient (Wildman–Crippen LogP) is 3.43. The van der Waals surface area contributed by atoms with Crippen molar-refractivity contribution in [1.29, 1.82) is 0 Å². The van der Waals surface area contributed by atoms with Gasteiger partial charge in [0.15, 0.2) is 0 Å². The third-order valence-corrected chi connectivity index (χ3v) is 10.6. The highest BCUT2D eigenvalue weighted by Crippen LogP contribution is 2.68. The molecular formula is C22H16Cl2N6O3S2. The summed E-state index contributed by atoms with van der Waals surface area (Å²) in [5.74, 6) is -1.30. The second kappa shape index (κ2) is 7.76. The molecule has 13 heteroatoms. The van der Waals surface area contributed by atoms with Gasteiger partial charge < -0.3 is 4.98 Å². The van der Waals surface area contributed by atoms with Crippen LogP contribution in [0.25, 0.3) is 0 Å². The zero-order valence-corrected chi connectivity index (χ0v) is 20.9. The lowest BCUT2D eigenvalue weighted by atomic mass is 9.68. The summed E-state index contributed by atoms with van der Waals surface area (Å²) in [6, 6.07) is 10.1. The predicted molar refractivity (Wildman–Crippen MR) is 130 cm³/mol. The monoisotopic (exact) mass is 546 g/mol. The number of hydrogen-bond donors (Lipinski definition) is 2.